The molecule has 0 bridgehead atoms. The van der Waals surface area contributed by atoms with E-state index in [0.717, 1.165) is 11.4 Å². The lowest BCUT2D eigenvalue weighted by molar-refractivity contribution is 0.0988. The van der Waals surface area contributed by atoms with Crippen LogP contribution in [-0.4, -0.2) is 17.9 Å². The second-order valence-corrected chi connectivity index (χ2v) is 6.22. The molecule has 3 rings (SSSR count). The number of halogens is 2. The van der Waals surface area contributed by atoms with Crippen LogP contribution in [0.4, 0.5) is 17.1 Å². The number of nitrogens with one attached hydrogen (secondary N) is 1. The molecule has 1 aromatic heterocycles. The molecule has 1 N–H and O–H groups in total. The number of aromatic nitrogens is 1. The molecule has 25 heavy (non-hydrogen) atoms. The number of para-hydroxylation sites is 1. The SMILES string of the molecule is CN(C(=O)c1ccc(Nc2ccc(Cl)cc2Cl)cn1)c1ccccc1. The summed E-state index contributed by atoms with van der Waals surface area (Å²) >= 11 is 12.0. The highest BCUT2D eigenvalue weighted by Gasteiger charge is 2.14. The molecule has 1 amide bonds. The van der Waals surface area contributed by atoms with Crippen LogP contribution in [0.25, 0.3) is 0 Å². The van der Waals surface area contributed by atoms with Gasteiger partial charge in [0.05, 0.1) is 22.6 Å². The summed E-state index contributed by atoms with van der Waals surface area (Å²) in [5.41, 5.74) is 2.61. The van der Waals surface area contributed by atoms with Crippen LogP contribution in [-0.2, 0) is 0 Å². The molecule has 1 heterocycles. The van der Waals surface area contributed by atoms with Crippen LogP contribution >= 0.6 is 23.2 Å². The van der Waals surface area contributed by atoms with Gasteiger partial charge in [0.1, 0.15) is 5.69 Å². The topological polar surface area (TPSA) is 45.2 Å². The van der Waals surface area contributed by atoms with Crippen molar-refractivity contribution in [3.63, 3.8) is 0 Å². The summed E-state index contributed by atoms with van der Waals surface area (Å²) in [5, 5.41) is 4.23. The second-order valence-electron chi connectivity index (χ2n) is 5.38. The standard InChI is InChI=1S/C19H15Cl2N3O/c1-24(15-5-3-2-4-6-15)19(25)18-10-8-14(12-22-18)23-17-9-7-13(20)11-16(17)21/h2-12,23H,1H3. The van der Waals surface area contributed by atoms with Gasteiger partial charge >= 0.3 is 0 Å². The fourth-order valence-electron chi connectivity index (χ4n) is 2.28. The third kappa shape index (κ3) is 4.10. The van der Waals surface area contributed by atoms with Gasteiger partial charge in [-0.1, -0.05) is 41.4 Å². The largest absolute Gasteiger partial charge is 0.353 e. The van der Waals surface area contributed by atoms with Crippen LogP contribution < -0.4 is 10.2 Å². The molecule has 0 saturated carbocycles. The first-order chi connectivity index (χ1) is 12.0. The van der Waals surface area contributed by atoms with Gasteiger partial charge in [-0.05, 0) is 42.5 Å². The number of anilines is 3. The molecule has 6 heteroatoms. The summed E-state index contributed by atoms with van der Waals surface area (Å²) in [4.78, 5) is 18.3. The van der Waals surface area contributed by atoms with E-state index in [4.69, 9.17) is 23.2 Å². The zero-order chi connectivity index (χ0) is 17.8. The van der Waals surface area contributed by atoms with E-state index < -0.39 is 0 Å². The Kier molecular flexibility index (Phi) is 5.22. The smallest absolute Gasteiger partial charge is 0.276 e. The summed E-state index contributed by atoms with van der Waals surface area (Å²) in [7, 11) is 1.72. The zero-order valence-electron chi connectivity index (χ0n) is 13.4. The molecule has 0 aliphatic rings. The van der Waals surface area contributed by atoms with Crippen molar-refractivity contribution in [2.75, 3.05) is 17.3 Å². The summed E-state index contributed by atoms with van der Waals surface area (Å²) in [6, 6.07) is 18.1. The van der Waals surface area contributed by atoms with E-state index in [9.17, 15) is 4.79 Å². The lowest BCUT2D eigenvalue weighted by Crippen LogP contribution is -2.26. The van der Waals surface area contributed by atoms with Crippen molar-refractivity contribution >= 4 is 46.2 Å². The maximum absolute atomic E-state index is 12.5. The van der Waals surface area contributed by atoms with Crippen LogP contribution in [0.2, 0.25) is 10.0 Å². The fourth-order valence-corrected chi connectivity index (χ4v) is 2.74. The maximum Gasteiger partial charge on any atom is 0.276 e. The number of nitrogens with zero attached hydrogens (tertiary/aromatic N) is 2. The fraction of sp³-hybridized carbons (Fsp3) is 0.0526. The normalized spacial score (nSPS) is 10.4. The summed E-state index contributed by atoms with van der Waals surface area (Å²) in [6.45, 7) is 0. The summed E-state index contributed by atoms with van der Waals surface area (Å²) in [6.07, 6.45) is 1.59. The third-order valence-electron chi connectivity index (χ3n) is 3.64. The highest BCUT2D eigenvalue weighted by molar-refractivity contribution is 6.36. The van der Waals surface area contributed by atoms with Gasteiger partial charge in [0.2, 0.25) is 0 Å². The Morgan fingerprint density at radius 1 is 1.04 bits per heavy atom. The lowest BCUT2D eigenvalue weighted by Gasteiger charge is -2.17. The molecule has 126 valence electrons. The molecule has 2 aromatic carbocycles. The van der Waals surface area contributed by atoms with Crippen LogP contribution in [0, 0.1) is 0 Å². The molecule has 0 saturated heterocycles. The molecular formula is C19H15Cl2N3O. The number of rotatable bonds is 4. The zero-order valence-corrected chi connectivity index (χ0v) is 14.9. The van der Waals surface area contributed by atoms with E-state index in [0.29, 0.717) is 21.4 Å². The molecule has 3 aromatic rings. The molecule has 0 aliphatic heterocycles. The van der Waals surface area contributed by atoms with Crippen molar-refractivity contribution in [2.24, 2.45) is 0 Å². The van der Waals surface area contributed by atoms with Crippen molar-refractivity contribution in [1.82, 2.24) is 4.98 Å². The molecule has 0 radical (unpaired) electrons. The highest BCUT2D eigenvalue weighted by Crippen LogP contribution is 2.28. The predicted molar refractivity (Wildman–Crippen MR) is 103 cm³/mol. The number of pyridine rings is 1. The highest BCUT2D eigenvalue weighted by atomic mass is 35.5. The Morgan fingerprint density at radius 3 is 2.44 bits per heavy atom. The minimum Gasteiger partial charge on any atom is -0.353 e. The van der Waals surface area contributed by atoms with E-state index >= 15 is 0 Å². The molecular weight excluding hydrogens is 357 g/mol. The number of hydrogen-bond acceptors (Lipinski definition) is 3. The first kappa shape index (κ1) is 17.3. The Labute approximate surface area is 156 Å². The Balaban J connectivity index is 1.74. The quantitative estimate of drug-likeness (QED) is 0.666. The number of carbonyl (C=O) groups excluding carboxylic acids is 1. The maximum atomic E-state index is 12.5. The predicted octanol–water partition coefficient (Wildman–Crippen LogP) is 5.41. The van der Waals surface area contributed by atoms with Crippen LogP contribution in [0.3, 0.4) is 0 Å². The van der Waals surface area contributed by atoms with Crippen molar-refractivity contribution in [2.45, 2.75) is 0 Å². The van der Waals surface area contributed by atoms with Crippen LogP contribution in [0.15, 0.2) is 66.9 Å². The number of benzene rings is 2. The van der Waals surface area contributed by atoms with Gasteiger partial charge in [0.25, 0.3) is 5.91 Å². The third-order valence-corrected chi connectivity index (χ3v) is 4.19. The molecule has 0 aliphatic carbocycles. The first-order valence-electron chi connectivity index (χ1n) is 7.56. The first-order valence-corrected chi connectivity index (χ1v) is 8.31. The van der Waals surface area contributed by atoms with Gasteiger partial charge in [-0.2, -0.15) is 0 Å². The summed E-state index contributed by atoms with van der Waals surface area (Å²) < 4.78 is 0. The Hall–Kier alpha value is -2.56. The van der Waals surface area contributed by atoms with Crippen molar-refractivity contribution < 1.29 is 4.79 Å². The minimum absolute atomic E-state index is 0.178. The number of carbonyl (C=O) groups is 1. The van der Waals surface area contributed by atoms with Gasteiger partial charge in [-0.15, -0.1) is 0 Å². The molecule has 0 atom stereocenters. The van der Waals surface area contributed by atoms with E-state index in [1.165, 1.54) is 0 Å². The van der Waals surface area contributed by atoms with E-state index in [2.05, 4.69) is 10.3 Å². The van der Waals surface area contributed by atoms with Gasteiger partial charge in [0.15, 0.2) is 0 Å². The molecule has 0 unspecified atom stereocenters. The van der Waals surface area contributed by atoms with E-state index in [1.807, 2.05) is 30.3 Å². The van der Waals surface area contributed by atoms with Gasteiger partial charge < -0.3 is 10.2 Å². The van der Waals surface area contributed by atoms with Gasteiger partial charge in [0, 0.05) is 17.8 Å². The molecule has 0 fully saturated rings. The van der Waals surface area contributed by atoms with Crippen molar-refractivity contribution in [3.8, 4) is 0 Å². The average Bonchev–Trinajstić information content (AvgIpc) is 2.64. The Morgan fingerprint density at radius 2 is 1.80 bits per heavy atom. The number of hydrogen-bond donors (Lipinski definition) is 1. The summed E-state index contributed by atoms with van der Waals surface area (Å²) in [5.74, 6) is -0.178. The van der Waals surface area contributed by atoms with Gasteiger partial charge in [-0.3, -0.25) is 4.79 Å². The molecule has 0 spiro atoms. The number of amides is 1. The average molecular weight is 372 g/mol. The van der Waals surface area contributed by atoms with Crippen LogP contribution in [0.5, 0.6) is 0 Å². The van der Waals surface area contributed by atoms with Crippen molar-refractivity contribution in [3.05, 3.63) is 82.6 Å². The van der Waals surface area contributed by atoms with Crippen molar-refractivity contribution in [1.29, 1.82) is 0 Å². The molecule has 4 nitrogen and oxygen atoms in total. The Bertz CT molecular complexity index is 883. The van der Waals surface area contributed by atoms with E-state index in [-0.39, 0.29) is 5.91 Å². The minimum atomic E-state index is -0.178. The van der Waals surface area contributed by atoms with Crippen LogP contribution in [0.1, 0.15) is 10.5 Å². The van der Waals surface area contributed by atoms with E-state index in [1.54, 1.807) is 48.5 Å². The monoisotopic (exact) mass is 371 g/mol. The second kappa shape index (κ2) is 7.55. The van der Waals surface area contributed by atoms with Gasteiger partial charge in [-0.25, -0.2) is 4.98 Å². The lowest BCUT2D eigenvalue weighted by atomic mass is 10.2.